The third-order valence-corrected chi connectivity index (χ3v) is 13.0. The van der Waals surface area contributed by atoms with Gasteiger partial charge in [-0.3, -0.25) is 0 Å². The SMILES string of the molecule is c1ccc(-c2nc(-c3ccc(-c4ccc5c(c4)-c4cccc6cccc(c46)C5)cc3)nc(-c3ccc4c(c3)Oc3ccccc3C43c4ccccc4-c4ccccc43)n2)cc1. The highest BCUT2D eigenvalue weighted by atomic mass is 16.5. The molecule has 9 aromatic carbocycles. The highest BCUT2D eigenvalue weighted by Crippen LogP contribution is 2.62. The van der Waals surface area contributed by atoms with E-state index in [1.54, 1.807) is 0 Å². The molecule has 1 aromatic heterocycles. The minimum absolute atomic E-state index is 0.535. The van der Waals surface area contributed by atoms with E-state index >= 15 is 0 Å². The maximum atomic E-state index is 6.84. The van der Waals surface area contributed by atoms with Crippen LogP contribution in [-0.4, -0.2) is 15.0 Å². The maximum absolute atomic E-state index is 6.84. The smallest absolute Gasteiger partial charge is 0.164 e. The number of ether oxygens (including phenoxy) is 1. The van der Waals surface area contributed by atoms with Gasteiger partial charge in [-0.1, -0.05) is 182 Å². The largest absolute Gasteiger partial charge is 0.457 e. The number of rotatable bonds is 4. The highest BCUT2D eigenvalue weighted by Gasteiger charge is 2.51. The third-order valence-electron chi connectivity index (χ3n) is 13.0. The Morgan fingerprint density at radius 3 is 1.66 bits per heavy atom. The van der Waals surface area contributed by atoms with Crippen molar-refractivity contribution in [1.82, 2.24) is 15.0 Å². The van der Waals surface area contributed by atoms with E-state index in [2.05, 4.69) is 170 Å². The van der Waals surface area contributed by atoms with E-state index in [0.717, 1.165) is 51.3 Å². The van der Waals surface area contributed by atoms with Crippen molar-refractivity contribution in [2.75, 3.05) is 0 Å². The lowest BCUT2D eigenvalue weighted by molar-refractivity contribution is 0.436. The van der Waals surface area contributed by atoms with Crippen LogP contribution in [0.3, 0.4) is 0 Å². The second-order valence-corrected chi connectivity index (χ2v) is 16.3. The molecule has 284 valence electrons. The van der Waals surface area contributed by atoms with Gasteiger partial charge in [0, 0.05) is 27.8 Å². The Morgan fingerprint density at radius 1 is 0.344 bits per heavy atom. The molecule has 2 heterocycles. The second kappa shape index (κ2) is 13.0. The Bertz CT molecular complexity index is 3380. The van der Waals surface area contributed by atoms with E-state index < -0.39 is 5.41 Å². The van der Waals surface area contributed by atoms with Crippen LogP contribution in [-0.2, 0) is 11.8 Å². The summed E-state index contributed by atoms with van der Waals surface area (Å²) in [5.74, 6) is 3.46. The predicted molar refractivity (Wildman–Crippen MR) is 245 cm³/mol. The van der Waals surface area contributed by atoms with Gasteiger partial charge < -0.3 is 4.74 Å². The lowest BCUT2D eigenvalue weighted by atomic mass is 9.66. The van der Waals surface area contributed by atoms with Crippen molar-refractivity contribution in [2.24, 2.45) is 0 Å². The maximum Gasteiger partial charge on any atom is 0.164 e. The average molecular weight is 778 g/mol. The van der Waals surface area contributed by atoms with E-state index in [-0.39, 0.29) is 0 Å². The quantitative estimate of drug-likeness (QED) is 0.179. The monoisotopic (exact) mass is 777 g/mol. The van der Waals surface area contributed by atoms with Crippen molar-refractivity contribution in [2.45, 2.75) is 11.8 Å². The molecule has 61 heavy (non-hydrogen) atoms. The molecule has 0 saturated carbocycles. The van der Waals surface area contributed by atoms with Gasteiger partial charge in [-0.05, 0) is 91.0 Å². The minimum atomic E-state index is -0.535. The van der Waals surface area contributed by atoms with Crippen LogP contribution in [0.4, 0.5) is 0 Å². The first kappa shape index (κ1) is 34.0. The summed E-state index contributed by atoms with van der Waals surface area (Å²) in [6.45, 7) is 0. The number of hydrogen-bond acceptors (Lipinski definition) is 4. The summed E-state index contributed by atoms with van der Waals surface area (Å²) >= 11 is 0. The first-order chi connectivity index (χ1) is 30.2. The third kappa shape index (κ3) is 5.03. The van der Waals surface area contributed by atoms with Crippen LogP contribution in [0, 0.1) is 0 Å². The van der Waals surface area contributed by atoms with Crippen molar-refractivity contribution < 1.29 is 4.74 Å². The summed E-state index contributed by atoms with van der Waals surface area (Å²) in [6.07, 6.45) is 0.945. The highest BCUT2D eigenvalue weighted by molar-refractivity contribution is 6.02. The summed E-state index contributed by atoms with van der Waals surface area (Å²) < 4.78 is 6.84. The second-order valence-electron chi connectivity index (χ2n) is 16.3. The van der Waals surface area contributed by atoms with Gasteiger partial charge in [-0.15, -0.1) is 0 Å². The van der Waals surface area contributed by atoms with Crippen LogP contribution in [0.1, 0.15) is 33.4 Å². The summed E-state index contributed by atoms with van der Waals surface area (Å²) in [6, 6.07) is 71.5. The molecule has 2 aliphatic carbocycles. The zero-order valence-electron chi connectivity index (χ0n) is 33.0. The standard InChI is InChI=1S/C57H35N3O/c1-2-12-37(13-3-1)54-58-55(38-26-24-35(25-27-38)39-28-29-40-32-41-16-10-14-36-15-11-19-45(53(36)41)46(40)33-39)60-56(59-54)42-30-31-50-52(34-42)61-51-23-9-8-22-49(51)57(50)47-20-6-4-17-43(47)44-18-5-7-21-48(44)57/h1-31,33-34H,32H2. The number of fused-ring (bicyclic) bond motifs is 11. The molecule has 1 aliphatic heterocycles. The molecule has 10 aromatic rings. The molecule has 0 radical (unpaired) electrons. The van der Waals surface area contributed by atoms with Gasteiger partial charge >= 0.3 is 0 Å². The lowest BCUT2D eigenvalue weighted by Crippen LogP contribution is -2.32. The molecule has 0 bridgehead atoms. The van der Waals surface area contributed by atoms with Gasteiger partial charge in [0.1, 0.15) is 11.5 Å². The fraction of sp³-hybridized carbons (Fsp3) is 0.0351. The zero-order valence-corrected chi connectivity index (χ0v) is 33.0. The van der Waals surface area contributed by atoms with Crippen molar-refractivity contribution in [1.29, 1.82) is 0 Å². The van der Waals surface area contributed by atoms with Gasteiger partial charge in [0.2, 0.25) is 0 Å². The van der Waals surface area contributed by atoms with Crippen LogP contribution in [0.15, 0.2) is 200 Å². The summed E-state index contributed by atoms with van der Waals surface area (Å²) in [5, 5.41) is 2.67. The van der Waals surface area contributed by atoms with Gasteiger partial charge in [-0.2, -0.15) is 0 Å². The molecule has 0 unspecified atom stereocenters. The number of benzene rings is 9. The molecule has 1 spiro atoms. The average Bonchev–Trinajstić information content (AvgIpc) is 3.62. The molecule has 0 N–H and O–H groups in total. The summed E-state index contributed by atoms with van der Waals surface area (Å²) in [7, 11) is 0. The predicted octanol–water partition coefficient (Wildman–Crippen LogP) is 13.7. The molecule has 0 saturated heterocycles. The Labute approximate surface area is 353 Å². The summed E-state index contributed by atoms with van der Waals surface area (Å²) in [4.78, 5) is 15.4. The fourth-order valence-electron chi connectivity index (χ4n) is 10.3. The number of hydrogen-bond donors (Lipinski definition) is 0. The van der Waals surface area contributed by atoms with Crippen LogP contribution in [0.2, 0.25) is 0 Å². The van der Waals surface area contributed by atoms with Gasteiger partial charge in [0.25, 0.3) is 0 Å². The normalized spacial score (nSPS) is 13.4. The Hall–Kier alpha value is -7.95. The van der Waals surface area contributed by atoms with E-state index in [1.807, 2.05) is 30.3 Å². The van der Waals surface area contributed by atoms with Crippen molar-refractivity contribution in [3.05, 3.63) is 234 Å². The van der Waals surface area contributed by atoms with Crippen LogP contribution >= 0.6 is 0 Å². The first-order valence-electron chi connectivity index (χ1n) is 20.9. The van der Waals surface area contributed by atoms with E-state index in [9.17, 15) is 0 Å². The Balaban J connectivity index is 0.921. The molecular formula is C57H35N3O. The van der Waals surface area contributed by atoms with Crippen molar-refractivity contribution >= 4 is 10.8 Å². The van der Waals surface area contributed by atoms with Gasteiger partial charge in [0.05, 0.1) is 5.41 Å². The van der Waals surface area contributed by atoms with E-state index in [0.29, 0.717) is 17.5 Å². The summed E-state index contributed by atoms with van der Waals surface area (Å²) in [5.41, 5.74) is 17.1. The Morgan fingerprint density at radius 2 is 0.902 bits per heavy atom. The zero-order chi connectivity index (χ0) is 40.1. The number of para-hydroxylation sites is 1. The van der Waals surface area contributed by atoms with E-state index in [4.69, 9.17) is 19.7 Å². The lowest BCUT2D eigenvalue weighted by Gasteiger charge is -2.39. The minimum Gasteiger partial charge on any atom is -0.457 e. The van der Waals surface area contributed by atoms with Gasteiger partial charge in [-0.25, -0.2) is 15.0 Å². The molecule has 3 aliphatic rings. The molecule has 4 heteroatoms. The van der Waals surface area contributed by atoms with Crippen molar-refractivity contribution in [3.63, 3.8) is 0 Å². The molecule has 13 rings (SSSR count). The van der Waals surface area contributed by atoms with Crippen LogP contribution in [0.5, 0.6) is 11.5 Å². The molecule has 0 amide bonds. The Kier molecular flexibility index (Phi) is 7.25. The van der Waals surface area contributed by atoms with Crippen LogP contribution < -0.4 is 4.74 Å². The molecule has 0 atom stereocenters. The van der Waals surface area contributed by atoms with Crippen LogP contribution in [0.25, 0.3) is 78.3 Å². The fourth-order valence-corrected chi connectivity index (χ4v) is 10.3. The first-order valence-corrected chi connectivity index (χ1v) is 20.9. The number of aromatic nitrogens is 3. The van der Waals surface area contributed by atoms with E-state index in [1.165, 1.54) is 60.8 Å². The molecular weight excluding hydrogens is 743 g/mol. The molecule has 4 nitrogen and oxygen atoms in total. The molecule has 0 fully saturated rings. The van der Waals surface area contributed by atoms with Gasteiger partial charge in [0.15, 0.2) is 17.5 Å². The number of nitrogens with zero attached hydrogens (tertiary/aromatic N) is 3. The van der Waals surface area contributed by atoms with Crippen molar-refractivity contribution in [3.8, 4) is 79.0 Å². The topological polar surface area (TPSA) is 47.9 Å².